The molecule has 31 heavy (non-hydrogen) atoms. The smallest absolute Gasteiger partial charge is 0.262 e. The molecule has 7 nitrogen and oxygen atoms in total. The maximum absolute atomic E-state index is 13.5. The first-order valence-electron chi connectivity index (χ1n) is 9.24. The Hall–Kier alpha value is -3.72. The molecule has 9 heteroatoms. The van der Waals surface area contributed by atoms with Crippen LogP contribution in [-0.4, -0.2) is 25.7 Å². The van der Waals surface area contributed by atoms with Gasteiger partial charge in [-0.15, -0.1) is 0 Å². The van der Waals surface area contributed by atoms with Crippen molar-refractivity contribution in [3.63, 3.8) is 0 Å². The Bertz CT molecular complexity index is 1350. The highest BCUT2D eigenvalue weighted by Gasteiger charge is 2.24. The summed E-state index contributed by atoms with van der Waals surface area (Å²) in [4.78, 5) is 4.21. The molecule has 1 aromatic heterocycles. The van der Waals surface area contributed by atoms with Crippen molar-refractivity contribution >= 4 is 15.7 Å². The van der Waals surface area contributed by atoms with E-state index < -0.39 is 15.8 Å². The molecule has 3 aromatic carbocycles. The van der Waals surface area contributed by atoms with E-state index in [1.54, 1.807) is 36.4 Å². The van der Waals surface area contributed by atoms with Gasteiger partial charge in [0.2, 0.25) is 5.82 Å². The lowest BCUT2D eigenvalue weighted by atomic mass is 10.2. The summed E-state index contributed by atoms with van der Waals surface area (Å²) in [5.74, 6) is 0.0902. The van der Waals surface area contributed by atoms with Crippen LogP contribution in [0.15, 0.2) is 76.1 Å². The van der Waals surface area contributed by atoms with Gasteiger partial charge in [0.05, 0.1) is 18.4 Å². The number of nitrogens with one attached hydrogen (secondary N) is 1. The number of aromatic nitrogens is 2. The quantitative estimate of drug-likeness (QED) is 0.470. The van der Waals surface area contributed by atoms with Crippen molar-refractivity contribution in [1.29, 1.82) is 0 Å². The number of nitrogens with zero attached hydrogens (tertiary/aromatic N) is 2. The number of anilines is 1. The first-order chi connectivity index (χ1) is 14.9. The average Bonchev–Trinajstić information content (AvgIpc) is 3.24. The summed E-state index contributed by atoms with van der Waals surface area (Å²) >= 11 is 0. The molecule has 0 radical (unpaired) electrons. The van der Waals surface area contributed by atoms with E-state index >= 15 is 0 Å². The van der Waals surface area contributed by atoms with Gasteiger partial charge in [0, 0.05) is 5.56 Å². The highest BCUT2D eigenvalue weighted by atomic mass is 32.2. The Morgan fingerprint density at radius 3 is 2.61 bits per heavy atom. The number of rotatable bonds is 6. The fourth-order valence-electron chi connectivity index (χ4n) is 3.06. The second-order valence-corrected chi connectivity index (χ2v) is 8.39. The van der Waals surface area contributed by atoms with Crippen molar-refractivity contribution in [1.82, 2.24) is 10.1 Å². The van der Waals surface area contributed by atoms with Crippen molar-refractivity contribution in [3.05, 3.63) is 78.1 Å². The zero-order valence-electron chi connectivity index (χ0n) is 16.7. The highest BCUT2D eigenvalue weighted by molar-refractivity contribution is 7.92. The number of aryl methyl sites for hydroxylation is 1. The predicted octanol–water partition coefficient (Wildman–Crippen LogP) is 4.66. The van der Waals surface area contributed by atoms with Gasteiger partial charge in [-0.3, -0.25) is 4.72 Å². The number of halogens is 1. The van der Waals surface area contributed by atoms with E-state index in [4.69, 9.17) is 9.26 Å². The summed E-state index contributed by atoms with van der Waals surface area (Å²) in [6, 6.07) is 17.2. The van der Waals surface area contributed by atoms with E-state index in [2.05, 4.69) is 14.9 Å². The van der Waals surface area contributed by atoms with Crippen LogP contribution in [0.2, 0.25) is 0 Å². The molecule has 0 bridgehead atoms. The molecule has 0 spiro atoms. The van der Waals surface area contributed by atoms with E-state index in [9.17, 15) is 12.8 Å². The predicted molar refractivity (Wildman–Crippen MR) is 114 cm³/mol. The molecule has 1 heterocycles. The molecule has 0 amide bonds. The summed E-state index contributed by atoms with van der Waals surface area (Å²) in [5, 5.41) is 3.86. The van der Waals surface area contributed by atoms with Crippen molar-refractivity contribution < 1.29 is 22.1 Å². The maximum atomic E-state index is 13.5. The second kappa shape index (κ2) is 8.19. The van der Waals surface area contributed by atoms with Crippen LogP contribution in [0.5, 0.6) is 5.75 Å². The minimum atomic E-state index is -4.02. The monoisotopic (exact) mass is 439 g/mol. The van der Waals surface area contributed by atoms with Crippen molar-refractivity contribution in [3.8, 4) is 28.6 Å². The molecule has 158 valence electrons. The fraction of sp³-hybridized carbons (Fsp3) is 0.0909. The topological polar surface area (TPSA) is 94.3 Å². The third-order valence-corrected chi connectivity index (χ3v) is 5.94. The number of hydrogen-bond acceptors (Lipinski definition) is 6. The number of ether oxygens (including phenoxy) is 1. The van der Waals surface area contributed by atoms with E-state index in [1.165, 1.54) is 31.4 Å². The zero-order valence-corrected chi connectivity index (χ0v) is 17.5. The largest absolute Gasteiger partial charge is 0.495 e. The normalized spacial score (nSPS) is 11.3. The zero-order chi connectivity index (χ0) is 22.0. The van der Waals surface area contributed by atoms with Gasteiger partial charge in [-0.05, 0) is 48.9 Å². The molecule has 0 unspecified atom stereocenters. The standard InChI is InChI=1S/C22H18FN3O4S/c1-14-10-11-19(29-2)18(12-14)26-31(27,28)20-9-4-3-8-17(20)22-24-21(25-30-22)15-6-5-7-16(23)13-15/h3-13,26H,1-2H3. The summed E-state index contributed by atoms with van der Waals surface area (Å²) in [7, 11) is -2.56. The minimum absolute atomic E-state index is 0.00329. The number of hydrogen-bond donors (Lipinski definition) is 1. The maximum Gasteiger partial charge on any atom is 0.262 e. The Labute approximate surface area is 178 Å². The first-order valence-corrected chi connectivity index (χ1v) is 10.7. The van der Waals surface area contributed by atoms with Crippen LogP contribution in [0.4, 0.5) is 10.1 Å². The molecule has 4 rings (SSSR count). The van der Waals surface area contributed by atoms with E-state index in [1.807, 2.05) is 13.0 Å². The third kappa shape index (κ3) is 4.26. The number of methoxy groups -OCH3 is 1. The van der Waals surface area contributed by atoms with Gasteiger partial charge in [0.25, 0.3) is 15.9 Å². The van der Waals surface area contributed by atoms with Gasteiger partial charge in [-0.25, -0.2) is 12.8 Å². The van der Waals surface area contributed by atoms with Crippen LogP contribution in [0.3, 0.4) is 0 Å². The lowest BCUT2D eigenvalue weighted by Crippen LogP contribution is -2.15. The van der Waals surface area contributed by atoms with Crippen molar-refractivity contribution in [2.24, 2.45) is 0 Å². The second-order valence-electron chi connectivity index (χ2n) is 6.74. The lowest BCUT2D eigenvalue weighted by Gasteiger charge is -2.14. The molecule has 1 N–H and O–H groups in total. The van der Waals surface area contributed by atoms with Crippen molar-refractivity contribution in [2.45, 2.75) is 11.8 Å². The highest BCUT2D eigenvalue weighted by Crippen LogP contribution is 2.32. The SMILES string of the molecule is COc1ccc(C)cc1NS(=O)(=O)c1ccccc1-c1nc(-c2cccc(F)c2)no1. The van der Waals surface area contributed by atoms with Gasteiger partial charge < -0.3 is 9.26 Å². The Morgan fingerprint density at radius 1 is 1.03 bits per heavy atom. The molecule has 0 saturated carbocycles. The molecule has 0 aliphatic heterocycles. The van der Waals surface area contributed by atoms with Crippen LogP contribution in [-0.2, 0) is 10.0 Å². The molecular formula is C22H18FN3O4S. The summed E-state index contributed by atoms with van der Waals surface area (Å²) in [6.07, 6.45) is 0. The number of sulfonamides is 1. The Morgan fingerprint density at radius 2 is 1.84 bits per heavy atom. The van der Waals surface area contributed by atoms with Gasteiger partial charge in [-0.2, -0.15) is 4.98 Å². The molecule has 0 aliphatic carbocycles. The van der Waals surface area contributed by atoms with Crippen molar-refractivity contribution in [2.75, 3.05) is 11.8 Å². The van der Waals surface area contributed by atoms with Crippen LogP contribution in [0, 0.1) is 12.7 Å². The first kappa shape index (κ1) is 20.5. The molecule has 0 fully saturated rings. The van der Waals surface area contributed by atoms with Crippen LogP contribution >= 0.6 is 0 Å². The van der Waals surface area contributed by atoms with E-state index in [0.717, 1.165) is 5.56 Å². The molecular weight excluding hydrogens is 421 g/mol. The average molecular weight is 439 g/mol. The van der Waals surface area contributed by atoms with Gasteiger partial charge in [0.15, 0.2) is 0 Å². The van der Waals surface area contributed by atoms with Gasteiger partial charge >= 0.3 is 0 Å². The van der Waals surface area contributed by atoms with Gasteiger partial charge in [0.1, 0.15) is 16.5 Å². The minimum Gasteiger partial charge on any atom is -0.495 e. The van der Waals surface area contributed by atoms with Crippen LogP contribution < -0.4 is 9.46 Å². The Balaban J connectivity index is 1.73. The fourth-order valence-corrected chi connectivity index (χ4v) is 4.32. The van der Waals surface area contributed by atoms with E-state index in [-0.39, 0.29) is 22.2 Å². The molecule has 0 aliphatic rings. The lowest BCUT2D eigenvalue weighted by molar-refractivity contribution is 0.417. The summed E-state index contributed by atoms with van der Waals surface area (Å²) in [5.41, 5.74) is 1.81. The number of benzene rings is 3. The van der Waals surface area contributed by atoms with Crippen LogP contribution in [0.1, 0.15) is 5.56 Å². The van der Waals surface area contributed by atoms with E-state index in [0.29, 0.717) is 17.0 Å². The Kier molecular flexibility index (Phi) is 5.43. The van der Waals surface area contributed by atoms with Gasteiger partial charge in [-0.1, -0.05) is 35.5 Å². The van der Waals surface area contributed by atoms with Crippen LogP contribution in [0.25, 0.3) is 22.8 Å². The summed E-state index contributed by atoms with van der Waals surface area (Å²) < 4.78 is 53.0. The molecule has 0 atom stereocenters. The molecule has 4 aromatic rings. The summed E-state index contributed by atoms with van der Waals surface area (Å²) in [6.45, 7) is 1.84. The molecule has 0 saturated heterocycles. The third-order valence-electron chi connectivity index (χ3n) is 4.52.